The maximum absolute atomic E-state index is 5.71. The van der Waals surface area contributed by atoms with Crippen LogP contribution in [0.5, 0.6) is 0 Å². The monoisotopic (exact) mass is 173 g/mol. The second-order valence-electron chi connectivity index (χ2n) is 3.22. The Morgan fingerprint density at radius 2 is 2.00 bits per heavy atom. The number of aryl methyl sites for hydroxylation is 2. The molecule has 0 saturated carbocycles. The molecule has 66 valence electrons. The molecule has 0 fully saturated rings. The van der Waals surface area contributed by atoms with Gasteiger partial charge in [0, 0.05) is 11.9 Å². The molecule has 1 aromatic heterocycles. The molecule has 1 aromatic carbocycles. The van der Waals surface area contributed by atoms with Crippen molar-refractivity contribution in [3.8, 4) is 0 Å². The molecule has 13 heavy (non-hydrogen) atoms. The van der Waals surface area contributed by atoms with Crippen LogP contribution in [0.3, 0.4) is 0 Å². The first kappa shape index (κ1) is 7.98. The smallest absolute Gasteiger partial charge is 0.0917 e. The Hall–Kier alpha value is -1.64. The highest BCUT2D eigenvalue weighted by Crippen LogP contribution is 2.17. The van der Waals surface area contributed by atoms with Gasteiger partial charge in [0.05, 0.1) is 16.7 Å². The molecule has 0 aliphatic carbocycles. The van der Waals surface area contributed by atoms with Crippen LogP contribution in [0.15, 0.2) is 18.3 Å². The molecule has 2 N–H and O–H groups in total. The molecule has 0 aliphatic rings. The number of aromatic nitrogens is 2. The number of rotatable bonds is 0. The summed E-state index contributed by atoms with van der Waals surface area (Å²) >= 11 is 0. The number of hydrogen-bond acceptors (Lipinski definition) is 3. The van der Waals surface area contributed by atoms with E-state index >= 15 is 0 Å². The predicted octanol–water partition coefficient (Wildman–Crippen LogP) is 1.83. The molecule has 3 nitrogen and oxygen atoms in total. The molecule has 3 heteroatoms. The van der Waals surface area contributed by atoms with E-state index < -0.39 is 0 Å². The number of nitrogens with zero attached hydrogens (tertiary/aromatic N) is 2. The quantitative estimate of drug-likeness (QED) is 0.618. The van der Waals surface area contributed by atoms with Crippen LogP contribution in [0, 0.1) is 13.8 Å². The molecule has 0 saturated heterocycles. The second kappa shape index (κ2) is 2.69. The number of nitrogens with two attached hydrogens (primary N) is 1. The lowest BCUT2D eigenvalue weighted by atomic mass is 10.1. The zero-order valence-electron chi connectivity index (χ0n) is 7.70. The standard InChI is InChI=1S/C10H11N3/c1-6-3-8(11)4-9-10(6)12-5-7(2)13-9/h3-5H,11H2,1-2H3. The van der Waals surface area contributed by atoms with Crippen molar-refractivity contribution in [2.24, 2.45) is 0 Å². The van der Waals surface area contributed by atoms with E-state index in [1.54, 1.807) is 6.20 Å². The van der Waals surface area contributed by atoms with Gasteiger partial charge >= 0.3 is 0 Å². The van der Waals surface area contributed by atoms with Gasteiger partial charge in [-0.2, -0.15) is 0 Å². The van der Waals surface area contributed by atoms with E-state index in [0.29, 0.717) is 0 Å². The van der Waals surface area contributed by atoms with Crippen molar-refractivity contribution in [1.29, 1.82) is 0 Å². The average molecular weight is 173 g/mol. The molecule has 0 radical (unpaired) electrons. The van der Waals surface area contributed by atoms with Gasteiger partial charge in [0.2, 0.25) is 0 Å². The lowest BCUT2D eigenvalue weighted by Gasteiger charge is -2.02. The first-order valence-corrected chi connectivity index (χ1v) is 4.16. The van der Waals surface area contributed by atoms with Crippen LogP contribution in [0.25, 0.3) is 11.0 Å². The Bertz CT molecular complexity index is 458. The maximum Gasteiger partial charge on any atom is 0.0917 e. The van der Waals surface area contributed by atoms with E-state index in [9.17, 15) is 0 Å². The third-order valence-electron chi connectivity index (χ3n) is 1.98. The van der Waals surface area contributed by atoms with E-state index in [1.165, 1.54) is 0 Å². The van der Waals surface area contributed by atoms with Crippen molar-refractivity contribution in [2.75, 3.05) is 5.73 Å². The Labute approximate surface area is 76.6 Å². The predicted molar refractivity (Wildman–Crippen MR) is 53.4 cm³/mol. The summed E-state index contributed by atoms with van der Waals surface area (Å²) in [6.07, 6.45) is 1.77. The summed E-state index contributed by atoms with van der Waals surface area (Å²) in [5, 5.41) is 0. The summed E-state index contributed by atoms with van der Waals surface area (Å²) in [5.74, 6) is 0. The van der Waals surface area contributed by atoms with E-state index in [4.69, 9.17) is 5.73 Å². The van der Waals surface area contributed by atoms with Gasteiger partial charge in [0.15, 0.2) is 0 Å². The second-order valence-corrected chi connectivity index (χ2v) is 3.22. The highest BCUT2D eigenvalue weighted by Gasteiger charge is 2.01. The number of nitrogen functional groups attached to an aromatic ring is 1. The molecule has 0 aliphatic heterocycles. The van der Waals surface area contributed by atoms with Crippen LogP contribution < -0.4 is 5.73 Å². The van der Waals surface area contributed by atoms with Crippen LogP contribution in [0.4, 0.5) is 5.69 Å². The third-order valence-corrected chi connectivity index (χ3v) is 1.98. The first-order valence-electron chi connectivity index (χ1n) is 4.16. The van der Waals surface area contributed by atoms with Gasteiger partial charge in [0.25, 0.3) is 0 Å². The SMILES string of the molecule is Cc1cnc2c(C)cc(N)cc2n1. The van der Waals surface area contributed by atoms with Crippen molar-refractivity contribution < 1.29 is 0 Å². The third kappa shape index (κ3) is 1.33. The lowest BCUT2D eigenvalue weighted by molar-refractivity contribution is 1.18. The highest BCUT2D eigenvalue weighted by molar-refractivity contribution is 5.81. The van der Waals surface area contributed by atoms with Crippen LogP contribution in [-0.2, 0) is 0 Å². The van der Waals surface area contributed by atoms with Gasteiger partial charge in [-0.3, -0.25) is 4.98 Å². The fourth-order valence-corrected chi connectivity index (χ4v) is 1.42. The minimum absolute atomic E-state index is 0.741. The molecule has 0 amide bonds. The van der Waals surface area contributed by atoms with Gasteiger partial charge in [0.1, 0.15) is 0 Å². The number of anilines is 1. The van der Waals surface area contributed by atoms with Crippen LogP contribution in [0.2, 0.25) is 0 Å². The number of benzene rings is 1. The van der Waals surface area contributed by atoms with Gasteiger partial charge < -0.3 is 5.73 Å². The number of fused-ring (bicyclic) bond motifs is 1. The Morgan fingerprint density at radius 1 is 1.23 bits per heavy atom. The molecule has 2 aromatic rings. The summed E-state index contributed by atoms with van der Waals surface area (Å²) in [5.41, 5.74) is 10.2. The molecule has 1 heterocycles. The fourth-order valence-electron chi connectivity index (χ4n) is 1.42. The zero-order chi connectivity index (χ0) is 9.42. The summed E-state index contributed by atoms with van der Waals surface area (Å²) in [6.45, 7) is 3.91. The van der Waals surface area contributed by atoms with Crippen molar-refractivity contribution in [3.63, 3.8) is 0 Å². The van der Waals surface area contributed by atoms with E-state index in [0.717, 1.165) is 28.0 Å². The summed E-state index contributed by atoms with van der Waals surface area (Å²) < 4.78 is 0. The van der Waals surface area contributed by atoms with Crippen molar-refractivity contribution >= 4 is 16.7 Å². The average Bonchev–Trinajstić information content (AvgIpc) is 2.02. The van der Waals surface area contributed by atoms with Gasteiger partial charge in [-0.1, -0.05) is 0 Å². The zero-order valence-corrected chi connectivity index (χ0v) is 7.70. The summed E-state index contributed by atoms with van der Waals surface area (Å²) in [4.78, 5) is 8.66. The molecule has 2 rings (SSSR count). The van der Waals surface area contributed by atoms with Crippen LogP contribution in [0.1, 0.15) is 11.3 Å². The first-order chi connectivity index (χ1) is 6.16. The van der Waals surface area contributed by atoms with Crippen LogP contribution >= 0.6 is 0 Å². The highest BCUT2D eigenvalue weighted by atomic mass is 14.8. The normalized spacial score (nSPS) is 10.6. The minimum atomic E-state index is 0.741. The van der Waals surface area contributed by atoms with Gasteiger partial charge in [-0.25, -0.2) is 4.98 Å². The van der Waals surface area contributed by atoms with Gasteiger partial charge in [-0.05, 0) is 31.5 Å². The number of hydrogen-bond donors (Lipinski definition) is 1. The van der Waals surface area contributed by atoms with E-state index in [-0.39, 0.29) is 0 Å². The maximum atomic E-state index is 5.71. The summed E-state index contributed by atoms with van der Waals surface area (Å²) in [6, 6.07) is 3.76. The fraction of sp³-hybridized carbons (Fsp3) is 0.200. The molecule has 0 bridgehead atoms. The lowest BCUT2D eigenvalue weighted by Crippen LogP contribution is -1.92. The molecule has 0 unspecified atom stereocenters. The Morgan fingerprint density at radius 3 is 2.77 bits per heavy atom. The largest absolute Gasteiger partial charge is 0.399 e. The van der Waals surface area contributed by atoms with Crippen molar-refractivity contribution in [2.45, 2.75) is 13.8 Å². The van der Waals surface area contributed by atoms with Crippen molar-refractivity contribution in [1.82, 2.24) is 9.97 Å². The molecular formula is C10H11N3. The molecule has 0 spiro atoms. The minimum Gasteiger partial charge on any atom is -0.399 e. The Kier molecular flexibility index (Phi) is 1.65. The molecular weight excluding hydrogens is 162 g/mol. The Balaban J connectivity index is 2.86. The van der Waals surface area contributed by atoms with Gasteiger partial charge in [-0.15, -0.1) is 0 Å². The summed E-state index contributed by atoms with van der Waals surface area (Å²) in [7, 11) is 0. The molecule has 0 atom stereocenters. The van der Waals surface area contributed by atoms with Crippen molar-refractivity contribution in [3.05, 3.63) is 29.6 Å². The van der Waals surface area contributed by atoms with E-state index in [2.05, 4.69) is 9.97 Å². The topological polar surface area (TPSA) is 51.8 Å². The van der Waals surface area contributed by atoms with Crippen LogP contribution in [-0.4, -0.2) is 9.97 Å². The van der Waals surface area contributed by atoms with E-state index in [1.807, 2.05) is 26.0 Å².